The second kappa shape index (κ2) is 7.98. The highest BCUT2D eigenvalue weighted by molar-refractivity contribution is 5.94. The van der Waals surface area contributed by atoms with Gasteiger partial charge in [0.15, 0.2) is 6.61 Å². The quantitative estimate of drug-likeness (QED) is 0.802. The number of aryl methyl sites for hydroxylation is 1. The molecule has 0 saturated carbocycles. The third-order valence-corrected chi connectivity index (χ3v) is 3.28. The van der Waals surface area contributed by atoms with E-state index in [1.54, 1.807) is 13.0 Å². The summed E-state index contributed by atoms with van der Waals surface area (Å²) in [7, 11) is 0. The molecule has 2 N–H and O–H groups in total. The van der Waals surface area contributed by atoms with Gasteiger partial charge in [-0.3, -0.25) is 4.79 Å². The Morgan fingerprint density at radius 3 is 2.61 bits per heavy atom. The van der Waals surface area contributed by atoms with Gasteiger partial charge in [-0.25, -0.2) is 4.79 Å². The zero-order valence-electron chi connectivity index (χ0n) is 12.9. The number of amides is 1. The minimum absolute atomic E-state index is 0.0575. The predicted octanol–water partition coefficient (Wildman–Crippen LogP) is 2.22. The Balaban J connectivity index is 1.75. The maximum Gasteiger partial charge on any atom is 0.342 e. The van der Waals surface area contributed by atoms with Crippen LogP contribution in [0.1, 0.15) is 21.5 Å². The number of benzene rings is 2. The van der Waals surface area contributed by atoms with Crippen LogP contribution in [0, 0.1) is 6.92 Å². The van der Waals surface area contributed by atoms with E-state index in [9.17, 15) is 14.7 Å². The molecule has 0 aliphatic carbocycles. The summed E-state index contributed by atoms with van der Waals surface area (Å²) in [6, 6.07) is 14.4. The van der Waals surface area contributed by atoms with E-state index in [0.29, 0.717) is 13.0 Å². The topological polar surface area (TPSA) is 75.6 Å². The van der Waals surface area contributed by atoms with Crippen LogP contribution in [0.2, 0.25) is 0 Å². The minimum Gasteiger partial charge on any atom is -0.507 e. The van der Waals surface area contributed by atoms with Gasteiger partial charge in [-0.1, -0.05) is 42.0 Å². The van der Waals surface area contributed by atoms with Crippen molar-refractivity contribution in [3.05, 3.63) is 65.2 Å². The van der Waals surface area contributed by atoms with Crippen LogP contribution >= 0.6 is 0 Å². The van der Waals surface area contributed by atoms with Crippen molar-refractivity contribution in [2.45, 2.75) is 13.3 Å². The average Bonchev–Trinajstić information content (AvgIpc) is 2.56. The van der Waals surface area contributed by atoms with E-state index >= 15 is 0 Å². The van der Waals surface area contributed by atoms with Crippen LogP contribution in [0.3, 0.4) is 0 Å². The molecule has 1 amide bonds. The second-order valence-corrected chi connectivity index (χ2v) is 5.18. The summed E-state index contributed by atoms with van der Waals surface area (Å²) in [4.78, 5) is 23.5. The van der Waals surface area contributed by atoms with Crippen molar-refractivity contribution in [2.24, 2.45) is 0 Å². The zero-order chi connectivity index (χ0) is 16.7. The normalized spacial score (nSPS) is 10.1. The van der Waals surface area contributed by atoms with Crippen LogP contribution in [0.4, 0.5) is 0 Å². The van der Waals surface area contributed by atoms with Crippen LogP contribution < -0.4 is 5.32 Å². The number of nitrogens with one attached hydrogen (secondary N) is 1. The first kappa shape index (κ1) is 16.5. The van der Waals surface area contributed by atoms with Gasteiger partial charge in [-0.05, 0) is 31.0 Å². The van der Waals surface area contributed by atoms with E-state index in [2.05, 4.69) is 5.32 Å². The van der Waals surface area contributed by atoms with Gasteiger partial charge in [0.05, 0.1) is 0 Å². The molecule has 0 bridgehead atoms. The average molecular weight is 313 g/mol. The van der Waals surface area contributed by atoms with Crippen LogP contribution in [0.25, 0.3) is 0 Å². The third-order valence-electron chi connectivity index (χ3n) is 3.28. The lowest BCUT2D eigenvalue weighted by Crippen LogP contribution is -2.30. The summed E-state index contributed by atoms with van der Waals surface area (Å²) in [5, 5.41) is 12.3. The number of aromatic hydroxyl groups is 1. The van der Waals surface area contributed by atoms with Gasteiger partial charge in [0, 0.05) is 6.54 Å². The summed E-state index contributed by atoms with van der Waals surface area (Å²) in [6.07, 6.45) is 0.708. The summed E-state index contributed by atoms with van der Waals surface area (Å²) in [6.45, 7) is 1.89. The van der Waals surface area contributed by atoms with E-state index in [0.717, 1.165) is 11.1 Å². The molecule has 0 aliphatic heterocycles. The molecule has 120 valence electrons. The Kier molecular flexibility index (Phi) is 5.74. The van der Waals surface area contributed by atoms with Gasteiger partial charge in [0.1, 0.15) is 11.3 Å². The molecule has 0 spiro atoms. The third kappa shape index (κ3) is 5.14. The first-order chi connectivity index (χ1) is 11.1. The van der Waals surface area contributed by atoms with E-state index in [-0.39, 0.29) is 23.8 Å². The lowest BCUT2D eigenvalue weighted by Gasteiger charge is -2.08. The fourth-order valence-electron chi connectivity index (χ4n) is 2.06. The molecule has 0 radical (unpaired) electrons. The fraction of sp³-hybridized carbons (Fsp3) is 0.222. The molecule has 0 aliphatic rings. The number of hydrogen-bond acceptors (Lipinski definition) is 4. The molecule has 5 heteroatoms. The number of carbonyl (C=O) groups excluding carboxylic acids is 2. The van der Waals surface area contributed by atoms with E-state index in [1.807, 2.05) is 30.3 Å². The molecule has 0 unspecified atom stereocenters. The van der Waals surface area contributed by atoms with Crippen LogP contribution in [-0.2, 0) is 16.0 Å². The molecule has 0 saturated heterocycles. The Labute approximate surface area is 134 Å². The Hall–Kier alpha value is -2.82. The number of hydrogen-bond donors (Lipinski definition) is 2. The number of carbonyl (C=O) groups is 2. The number of rotatable bonds is 6. The van der Waals surface area contributed by atoms with Gasteiger partial charge in [0.25, 0.3) is 5.91 Å². The van der Waals surface area contributed by atoms with Crippen molar-refractivity contribution in [1.29, 1.82) is 0 Å². The fourth-order valence-corrected chi connectivity index (χ4v) is 2.06. The molecule has 2 aromatic rings. The van der Waals surface area contributed by atoms with Crippen molar-refractivity contribution < 1.29 is 19.4 Å². The molecule has 0 atom stereocenters. The minimum atomic E-state index is -0.718. The van der Waals surface area contributed by atoms with Crippen molar-refractivity contribution in [1.82, 2.24) is 5.32 Å². The van der Waals surface area contributed by atoms with Crippen molar-refractivity contribution >= 4 is 11.9 Å². The molecule has 5 nitrogen and oxygen atoms in total. The van der Waals surface area contributed by atoms with E-state index < -0.39 is 5.97 Å². The van der Waals surface area contributed by atoms with Gasteiger partial charge in [-0.15, -0.1) is 0 Å². The summed E-state index contributed by atoms with van der Waals surface area (Å²) < 4.78 is 4.92. The number of phenolic OH excluding ortho intramolecular Hbond substituents is 1. The second-order valence-electron chi connectivity index (χ2n) is 5.18. The lowest BCUT2D eigenvalue weighted by atomic mass is 10.1. The lowest BCUT2D eigenvalue weighted by molar-refractivity contribution is -0.124. The van der Waals surface area contributed by atoms with Crippen LogP contribution in [0.15, 0.2) is 48.5 Å². The summed E-state index contributed by atoms with van der Waals surface area (Å²) >= 11 is 0. The monoisotopic (exact) mass is 313 g/mol. The molecular weight excluding hydrogens is 294 g/mol. The maximum absolute atomic E-state index is 11.9. The summed E-state index contributed by atoms with van der Waals surface area (Å²) in [5.74, 6) is -1.25. The standard InChI is InChI=1S/C18H19NO4/c1-13-7-8-16(20)15(11-13)18(22)23-12-17(21)19-10-9-14-5-3-2-4-6-14/h2-8,11,20H,9-10,12H2,1H3,(H,19,21). The van der Waals surface area contributed by atoms with Crippen molar-refractivity contribution in [3.8, 4) is 5.75 Å². The molecule has 23 heavy (non-hydrogen) atoms. The smallest absolute Gasteiger partial charge is 0.342 e. The van der Waals surface area contributed by atoms with Crippen LogP contribution in [-0.4, -0.2) is 30.1 Å². The first-order valence-corrected chi connectivity index (χ1v) is 7.33. The number of phenols is 1. The highest BCUT2D eigenvalue weighted by Gasteiger charge is 2.14. The van der Waals surface area contributed by atoms with Gasteiger partial charge in [-0.2, -0.15) is 0 Å². The highest BCUT2D eigenvalue weighted by atomic mass is 16.5. The Bertz CT molecular complexity index is 683. The molecule has 2 rings (SSSR count). The number of ether oxygens (including phenoxy) is 1. The van der Waals surface area contributed by atoms with Crippen molar-refractivity contribution in [3.63, 3.8) is 0 Å². The highest BCUT2D eigenvalue weighted by Crippen LogP contribution is 2.18. The van der Waals surface area contributed by atoms with Gasteiger partial charge in [0.2, 0.25) is 0 Å². The molecule has 2 aromatic carbocycles. The van der Waals surface area contributed by atoms with Crippen LogP contribution in [0.5, 0.6) is 5.75 Å². The van der Waals surface area contributed by atoms with Gasteiger partial charge < -0.3 is 15.2 Å². The zero-order valence-corrected chi connectivity index (χ0v) is 12.9. The van der Waals surface area contributed by atoms with E-state index in [1.165, 1.54) is 12.1 Å². The molecule has 0 heterocycles. The molecule has 0 aromatic heterocycles. The Morgan fingerprint density at radius 2 is 1.87 bits per heavy atom. The SMILES string of the molecule is Cc1ccc(O)c(C(=O)OCC(=O)NCCc2ccccc2)c1. The first-order valence-electron chi connectivity index (χ1n) is 7.33. The Morgan fingerprint density at radius 1 is 1.13 bits per heavy atom. The summed E-state index contributed by atoms with van der Waals surface area (Å²) in [5.41, 5.74) is 2.00. The molecular formula is C18H19NO4. The molecule has 0 fully saturated rings. The largest absolute Gasteiger partial charge is 0.507 e. The number of esters is 1. The van der Waals surface area contributed by atoms with Gasteiger partial charge >= 0.3 is 5.97 Å². The van der Waals surface area contributed by atoms with Crippen molar-refractivity contribution in [2.75, 3.05) is 13.2 Å². The van der Waals surface area contributed by atoms with E-state index in [4.69, 9.17) is 4.74 Å². The maximum atomic E-state index is 11.9. The predicted molar refractivity (Wildman–Crippen MR) is 86.3 cm³/mol.